The quantitative estimate of drug-likeness (QED) is 0.719. The molecular weight excluding hydrogens is 278 g/mol. The van der Waals surface area contributed by atoms with Gasteiger partial charge in [0.15, 0.2) is 0 Å². The Bertz CT molecular complexity index is 703. The van der Waals surface area contributed by atoms with Gasteiger partial charge >= 0.3 is 0 Å². The molecule has 21 heavy (non-hydrogen) atoms. The number of hydrogen-bond donors (Lipinski definition) is 0. The average Bonchev–Trinajstić information content (AvgIpc) is 3.08. The van der Waals surface area contributed by atoms with E-state index in [1.54, 1.807) is 11.3 Å². The molecule has 0 spiro atoms. The highest BCUT2D eigenvalue weighted by Crippen LogP contribution is 2.23. The van der Waals surface area contributed by atoms with E-state index in [1.807, 2.05) is 16.9 Å². The van der Waals surface area contributed by atoms with Crippen LogP contribution in [0.2, 0.25) is 0 Å². The fraction of sp³-hybridized carbons (Fsp3) is 0.294. The molecule has 0 saturated heterocycles. The number of rotatable bonds is 3. The summed E-state index contributed by atoms with van der Waals surface area (Å²) in [5.41, 5.74) is 3.73. The molecule has 0 unspecified atom stereocenters. The van der Waals surface area contributed by atoms with E-state index in [4.69, 9.17) is 0 Å². The third-order valence-corrected chi connectivity index (χ3v) is 4.37. The Balaban J connectivity index is 1.75. The van der Waals surface area contributed by atoms with Crippen LogP contribution in [-0.2, 0) is 12.0 Å². The Hall–Kier alpha value is -1.94. The molecule has 0 aliphatic heterocycles. The average molecular weight is 297 g/mol. The van der Waals surface area contributed by atoms with Crippen molar-refractivity contribution < 1.29 is 0 Å². The van der Waals surface area contributed by atoms with Crippen molar-refractivity contribution in [1.82, 2.24) is 15.0 Å². The Labute approximate surface area is 129 Å². The highest BCUT2D eigenvalue weighted by atomic mass is 32.1. The molecule has 0 saturated carbocycles. The van der Waals surface area contributed by atoms with Gasteiger partial charge in [0.25, 0.3) is 0 Å². The third-order valence-electron chi connectivity index (χ3n) is 3.48. The highest BCUT2D eigenvalue weighted by molar-refractivity contribution is 7.13. The molecule has 108 valence electrons. The standard InChI is InChI=1S/C17H19N3S/c1-17(2,3)14-8-6-13(7-9-14)11-20-12-15(18-19-20)16-5-4-10-21-16/h4-10,12H,11H2,1-3H3. The lowest BCUT2D eigenvalue weighted by Crippen LogP contribution is -2.11. The van der Waals surface area contributed by atoms with Crippen molar-refractivity contribution in [3.05, 3.63) is 59.1 Å². The van der Waals surface area contributed by atoms with Gasteiger partial charge < -0.3 is 0 Å². The summed E-state index contributed by atoms with van der Waals surface area (Å²) in [4.78, 5) is 1.16. The van der Waals surface area contributed by atoms with E-state index in [0.717, 1.165) is 17.1 Å². The highest BCUT2D eigenvalue weighted by Gasteiger charge is 2.13. The van der Waals surface area contributed by atoms with E-state index < -0.39 is 0 Å². The predicted octanol–water partition coefficient (Wildman–Crippen LogP) is 4.35. The maximum absolute atomic E-state index is 4.24. The summed E-state index contributed by atoms with van der Waals surface area (Å²) in [5, 5.41) is 10.5. The van der Waals surface area contributed by atoms with Gasteiger partial charge in [-0.15, -0.1) is 16.4 Å². The van der Waals surface area contributed by atoms with Crippen LogP contribution in [0, 0.1) is 0 Å². The molecule has 0 amide bonds. The number of thiophene rings is 1. The van der Waals surface area contributed by atoms with E-state index in [2.05, 4.69) is 66.8 Å². The summed E-state index contributed by atoms with van der Waals surface area (Å²) in [7, 11) is 0. The monoisotopic (exact) mass is 297 g/mol. The van der Waals surface area contributed by atoms with E-state index in [1.165, 1.54) is 11.1 Å². The van der Waals surface area contributed by atoms with Crippen LogP contribution in [-0.4, -0.2) is 15.0 Å². The zero-order valence-electron chi connectivity index (χ0n) is 12.6. The van der Waals surface area contributed by atoms with Crippen LogP contribution < -0.4 is 0 Å². The van der Waals surface area contributed by atoms with Gasteiger partial charge in [-0.2, -0.15) is 0 Å². The third kappa shape index (κ3) is 3.22. The Morgan fingerprint density at radius 2 is 1.86 bits per heavy atom. The van der Waals surface area contributed by atoms with Crippen LogP contribution in [0.1, 0.15) is 31.9 Å². The Morgan fingerprint density at radius 3 is 2.48 bits per heavy atom. The number of benzene rings is 1. The molecule has 3 rings (SSSR count). The topological polar surface area (TPSA) is 30.7 Å². The lowest BCUT2D eigenvalue weighted by Gasteiger charge is -2.19. The van der Waals surface area contributed by atoms with E-state index in [0.29, 0.717) is 0 Å². The van der Waals surface area contributed by atoms with Crippen molar-refractivity contribution in [2.45, 2.75) is 32.7 Å². The van der Waals surface area contributed by atoms with Crippen molar-refractivity contribution in [3.8, 4) is 10.6 Å². The van der Waals surface area contributed by atoms with Crippen molar-refractivity contribution in [1.29, 1.82) is 0 Å². The van der Waals surface area contributed by atoms with Gasteiger partial charge in [0.2, 0.25) is 0 Å². The lowest BCUT2D eigenvalue weighted by atomic mass is 9.87. The fourth-order valence-corrected chi connectivity index (χ4v) is 2.89. The van der Waals surface area contributed by atoms with Crippen LogP contribution in [0.15, 0.2) is 48.0 Å². The van der Waals surface area contributed by atoms with Gasteiger partial charge in [-0.05, 0) is 28.0 Å². The molecule has 0 N–H and O–H groups in total. The van der Waals surface area contributed by atoms with Crippen LogP contribution in [0.3, 0.4) is 0 Å². The maximum atomic E-state index is 4.24. The normalized spacial score (nSPS) is 11.8. The van der Waals surface area contributed by atoms with Gasteiger partial charge in [-0.25, -0.2) is 4.68 Å². The van der Waals surface area contributed by atoms with Gasteiger partial charge in [0.1, 0.15) is 5.69 Å². The lowest BCUT2D eigenvalue weighted by molar-refractivity contribution is 0.589. The minimum absolute atomic E-state index is 0.193. The second-order valence-corrected chi connectivity index (χ2v) is 7.17. The molecular formula is C17H19N3S. The molecule has 0 fully saturated rings. The van der Waals surface area contributed by atoms with E-state index in [9.17, 15) is 0 Å². The van der Waals surface area contributed by atoms with Crippen molar-refractivity contribution in [2.75, 3.05) is 0 Å². The zero-order chi connectivity index (χ0) is 14.9. The summed E-state index contributed by atoms with van der Waals surface area (Å²) >= 11 is 1.68. The number of nitrogens with zero attached hydrogens (tertiary/aromatic N) is 3. The molecule has 4 heteroatoms. The van der Waals surface area contributed by atoms with Gasteiger partial charge in [0, 0.05) is 0 Å². The first-order chi connectivity index (χ1) is 10.0. The second-order valence-electron chi connectivity index (χ2n) is 6.23. The fourth-order valence-electron chi connectivity index (χ4n) is 2.21. The molecule has 1 aromatic carbocycles. The summed E-state index contributed by atoms with van der Waals surface area (Å²) < 4.78 is 1.89. The van der Waals surface area contributed by atoms with Gasteiger partial charge in [0.05, 0.1) is 17.6 Å². The Morgan fingerprint density at radius 1 is 1.10 bits per heavy atom. The molecule has 0 atom stereocenters. The Kier molecular flexibility index (Phi) is 3.64. The molecule has 0 bridgehead atoms. The van der Waals surface area contributed by atoms with Gasteiger partial charge in [-0.3, -0.25) is 0 Å². The maximum Gasteiger partial charge on any atom is 0.122 e. The second kappa shape index (κ2) is 5.45. The summed E-state index contributed by atoms with van der Waals surface area (Å²) in [5.74, 6) is 0. The molecule has 0 aliphatic carbocycles. The smallest absolute Gasteiger partial charge is 0.122 e. The van der Waals surface area contributed by atoms with E-state index >= 15 is 0 Å². The number of aromatic nitrogens is 3. The first-order valence-corrected chi connectivity index (χ1v) is 7.94. The van der Waals surface area contributed by atoms with Crippen molar-refractivity contribution >= 4 is 11.3 Å². The molecule has 0 radical (unpaired) electrons. The minimum Gasteiger partial charge on any atom is -0.247 e. The number of hydrogen-bond acceptors (Lipinski definition) is 3. The zero-order valence-corrected chi connectivity index (χ0v) is 13.4. The van der Waals surface area contributed by atoms with Crippen molar-refractivity contribution in [3.63, 3.8) is 0 Å². The largest absolute Gasteiger partial charge is 0.247 e. The molecule has 0 aliphatic rings. The van der Waals surface area contributed by atoms with Crippen LogP contribution in [0.25, 0.3) is 10.6 Å². The summed E-state index contributed by atoms with van der Waals surface area (Å²) in [6.45, 7) is 7.44. The summed E-state index contributed by atoms with van der Waals surface area (Å²) in [6.07, 6.45) is 2.00. The predicted molar refractivity (Wildman–Crippen MR) is 87.6 cm³/mol. The molecule has 3 aromatic rings. The van der Waals surface area contributed by atoms with Crippen molar-refractivity contribution in [2.24, 2.45) is 0 Å². The molecule has 3 nitrogen and oxygen atoms in total. The van der Waals surface area contributed by atoms with Gasteiger partial charge in [-0.1, -0.05) is 56.3 Å². The molecule has 2 aromatic heterocycles. The minimum atomic E-state index is 0.193. The summed E-state index contributed by atoms with van der Waals surface area (Å²) in [6, 6.07) is 12.8. The van der Waals surface area contributed by atoms with Crippen LogP contribution in [0.4, 0.5) is 0 Å². The first-order valence-electron chi connectivity index (χ1n) is 7.06. The van der Waals surface area contributed by atoms with Crippen LogP contribution in [0.5, 0.6) is 0 Å². The van der Waals surface area contributed by atoms with E-state index in [-0.39, 0.29) is 5.41 Å². The first kappa shape index (κ1) is 14.0. The van der Waals surface area contributed by atoms with Crippen LogP contribution >= 0.6 is 11.3 Å². The molecule has 2 heterocycles. The SMILES string of the molecule is CC(C)(C)c1ccc(Cn2cc(-c3cccs3)nn2)cc1.